The molecule has 4 rings (SSSR count). The highest BCUT2D eigenvalue weighted by Crippen LogP contribution is 2.37. The molecular weight excluding hydrogens is 358 g/mol. The lowest BCUT2D eigenvalue weighted by Gasteiger charge is -2.24. The Morgan fingerprint density at radius 2 is 2.11 bits per heavy atom. The predicted octanol–water partition coefficient (Wildman–Crippen LogP) is 4.06. The fraction of sp³-hybridized carbons (Fsp3) is 0.571. The number of benzene rings is 1. The van der Waals surface area contributed by atoms with Gasteiger partial charge in [-0.25, -0.2) is 4.68 Å². The summed E-state index contributed by atoms with van der Waals surface area (Å²) < 4.78 is 14.4. The van der Waals surface area contributed by atoms with E-state index in [1.807, 2.05) is 16.8 Å². The maximum absolute atomic E-state index is 12.4. The summed E-state index contributed by atoms with van der Waals surface area (Å²) in [6.45, 7) is 6.44. The molecule has 0 radical (unpaired) electrons. The van der Waals surface area contributed by atoms with E-state index in [-0.39, 0.29) is 11.6 Å². The van der Waals surface area contributed by atoms with Gasteiger partial charge in [0.2, 0.25) is 0 Å². The number of aliphatic hydroxyl groups excluding tert-OH is 1. The maximum atomic E-state index is 12.4. The molecule has 27 heavy (non-hydrogen) atoms. The van der Waals surface area contributed by atoms with Crippen molar-refractivity contribution in [1.82, 2.24) is 9.78 Å². The summed E-state index contributed by atoms with van der Waals surface area (Å²) in [4.78, 5) is 0.965. The summed E-state index contributed by atoms with van der Waals surface area (Å²) in [6, 6.07) is 8.17. The van der Waals surface area contributed by atoms with E-state index in [1.165, 1.54) is 5.56 Å². The SMILES string of the molecule is CC(C)(C)n1nc([C@H]2CC[C@@H](O)C2)cc1Nc1cccc2c1CCCS2=O. The second kappa shape index (κ2) is 7.06. The Morgan fingerprint density at radius 1 is 1.30 bits per heavy atom. The molecule has 2 heterocycles. The number of rotatable bonds is 3. The lowest BCUT2D eigenvalue weighted by molar-refractivity contribution is 0.181. The van der Waals surface area contributed by atoms with Crippen LogP contribution in [0.4, 0.5) is 11.5 Å². The normalized spacial score (nSPS) is 25.4. The summed E-state index contributed by atoms with van der Waals surface area (Å²) in [5.74, 6) is 2.04. The van der Waals surface area contributed by atoms with Crippen LogP contribution in [-0.2, 0) is 22.8 Å². The van der Waals surface area contributed by atoms with Gasteiger partial charge in [-0.15, -0.1) is 0 Å². The van der Waals surface area contributed by atoms with Crippen molar-refractivity contribution in [2.24, 2.45) is 0 Å². The number of anilines is 2. The van der Waals surface area contributed by atoms with Crippen molar-refractivity contribution in [1.29, 1.82) is 0 Å². The molecule has 1 aliphatic heterocycles. The first-order chi connectivity index (χ1) is 12.8. The maximum Gasteiger partial charge on any atom is 0.129 e. The molecule has 5 nitrogen and oxygen atoms in total. The topological polar surface area (TPSA) is 67.2 Å². The Labute approximate surface area is 163 Å². The predicted molar refractivity (Wildman–Crippen MR) is 109 cm³/mol. The third-order valence-corrected chi connectivity index (χ3v) is 7.12. The minimum atomic E-state index is -0.897. The monoisotopic (exact) mass is 387 g/mol. The zero-order valence-electron chi connectivity index (χ0n) is 16.4. The molecule has 1 aliphatic carbocycles. The number of aromatic nitrogens is 2. The number of aliphatic hydroxyl groups is 1. The molecule has 2 aliphatic rings. The van der Waals surface area contributed by atoms with Gasteiger partial charge in [0.05, 0.1) is 28.1 Å². The van der Waals surface area contributed by atoms with Gasteiger partial charge in [0.25, 0.3) is 0 Å². The van der Waals surface area contributed by atoms with Crippen molar-refractivity contribution in [2.45, 2.75) is 75.3 Å². The van der Waals surface area contributed by atoms with E-state index in [9.17, 15) is 9.32 Å². The molecule has 2 N–H and O–H groups in total. The van der Waals surface area contributed by atoms with Crippen LogP contribution in [0.2, 0.25) is 0 Å². The van der Waals surface area contributed by atoms with Crippen molar-refractivity contribution >= 4 is 22.3 Å². The first kappa shape index (κ1) is 18.7. The summed E-state index contributed by atoms with van der Waals surface area (Å²) in [7, 11) is -0.897. The Morgan fingerprint density at radius 3 is 2.81 bits per heavy atom. The largest absolute Gasteiger partial charge is 0.393 e. The van der Waals surface area contributed by atoms with Crippen LogP contribution in [0, 0.1) is 0 Å². The minimum absolute atomic E-state index is 0.157. The van der Waals surface area contributed by atoms with Gasteiger partial charge in [0, 0.05) is 28.3 Å². The Balaban J connectivity index is 1.71. The lowest BCUT2D eigenvalue weighted by atomic mass is 10.0. The van der Waals surface area contributed by atoms with Gasteiger partial charge in [-0.2, -0.15) is 5.10 Å². The molecule has 0 amide bonds. The zero-order chi connectivity index (χ0) is 19.2. The quantitative estimate of drug-likeness (QED) is 0.833. The number of fused-ring (bicyclic) bond motifs is 1. The van der Waals surface area contributed by atoms with Crippen LogP contribution in [0.15, 0.2) is 29.2 Å². The van der Waals surface area contributed by atoms with Gasteiger partial charge >= 0.3 is 0 Å². The van der Waals surface area contributed by atoms with Crippen LogP contribution in [0.3, 0.4) is 0 Å². The van der Waals surface area contributed by atoms with E-state index in [2.05, 4.69) is 38.2 Å². The smallest absolute Gasteiger partial charge is 0.129 e. The van der Waals surface area contributed by atoms with Crippen LogP contribution >= 0.6 is 0 Å². The second-order valence-corrected chi connectivity index (χ2v) is 10.3. The lowest BCUT2D eigenvalue weighted by Crippen LogP contribution is -2.25. The summed E-state index contributed by atoms with van der Waals surface area (Å²) in [5, 5.41) is 18.4. The van der Waals surface area contributed by atoms with Crippen LogP contribution in [0.1, 0.15) is 63.6 Å². The summed E-state index contributed by atoms with van der Waals surface area (Å²) in [6.07, 6.45) is 4.34. The molecule has 3 atom stereocenters. The van der Waals surface area contributed by atoms with Crippen molar-refractivity contribution in [3.63, 3.8) is 0 Å². The van der Waals surface area contributed by atoms with Crippen LogP contribution in [0.5, 0.6) is 0 Å². The minimum Gasteiger partial charge on any atom is -0.393 e. The Hall–Kier alpha value is -1.66. The van der Waals surface area contributed by atoms with Crippen LogP contribution < -0.4 is 5.32 Å². The molecule has 0 saturated heterocycles. The second-order valence-electron chi connectivity index (χ2n) is 8.76. The molecule has 1 aromatic heterocycles. The molecule has 1 saturated carbocycles. The molecular formula is C21H29N3O2S. The Bertz CT molecular complexity index is 869. The zero-order valence-corrected chi connectivity index (χ0v) is 17.2. The number of hydrogen-bond acceptors (Lipinski definition) is 4. The molecule has 1 unspecified atom stereocenters. The standard InChI is InChI=1S/C21H29N3O2S/c1-21(2,3)24-20(13-18(23-24)14-9-10-15(25)12-14)22-17-7-4-8-19-16(17)6-5-11-27(19)26/h4,7-8,13-15,22,25H,5-6,9-12H2,1-3H3/t14-,15+,27?/m0/s1. The number of hydrogen-bond donors (Lipinski definition) is 2. The Kier molecular flexibility index (Phi) is 4.89. The first-order valence-corrected chi connectivity index (χ1v) is 11.2. The average Bonchev–Trinajstić information content (AvgIpc) is 3.22. The molecule has 146 valence electrons. The summed E-state index contributed by atoms with van der Waals surface area (Å²) in [5.41, 5.74) is 3.10. The van der Waals surface area contributed by atoms with E-state index in [0.717, 1.165) is 60.0 Å². The van der Waals surface area contributed by atoms with Crippen LogP contribution in [0.25, 0.3) is 0 Å². The molecule has 2 aromatic rings. The molecule has 1 aromatic carbocycles. The van der Waals surface area contributed by atoms with Gasteiger partial charge in [0.15, 0.2) is 0 Å². The third-order valence-electron chi connectivity index (χ3n) is 5.58. The molecule has 0 bridgehead atoms. The highest BCUT2D eigenvalue weighted by atomic mass is 32.2. The number of nitrogens with zero attached hydrogens (tertiary/aromatic N) is 2. The fourth-order valence-corrected chi connectivity index (χ4v) is 5.55. The molecule has 0 spiro atoms. The van der Waals surface area contributed by atoms with Crippen LogP contribution in [-0.4, -0.2) is 31.0 Å². The average molecular weight is 388 g/mol. The van der Waals surface area contributed by atoms with E-state index in [4.69, 9.17) is 5.10 Å². The van der Waals surface area contributed by atoms with Crippen molar-refractivity contribution in [2.75, 3.05) is 11.1 Å². The van der Waals surface area contributed by atoms with Gasteiger partial charge in [-0.05, 0) is 70.6 Å². The summed E-state index contributed by atoms with van der Waals surface area (Å²) >= 11 is 0. The fourth-order valence-electron chi connectivity index (χ4n) is 4.21. The number of nitrogens with one attached hydrogen (secondary N) is 1. The first-order valence-electron chi connectivity index (χ1n) is 9.89. The van der Waals surface area contributed by atoms with Gasteiger partial charge in [0.1, 0.15) is 5.82 Å². The van der Waals surface area contributed by atoms with Gasteiger partial charge in [-0.1, -0.05) is 6.07 Å². The van der Waals surface area contributed by atoms with E-state index >= 15 is 0 Å². The van der Waals surface area contributed by atoms with Crippen molar-refractivity contribution in [3.8, 4) is 0 Å². The van der Waals surface area contributed by atoms with Gasteiger partial charge in [-0.3, -0.25) is 4.21 Å². The van der Waals surface area contributed by atoms with Crippen molar-refractivity contribution in [3.05, 3.63) is 35.5 Å². The highest BCUT2D eigenvalue weighted by molar-refractivity contribution is 7.85. The van der Waals surface area contributed by atoms with E-state index < -0.39 is 10.8 Å². The van der Waals surface area contributed by atoms with Crippen molar-refractivity contribution < 1.29 is 9.32 Å². The van der Waals surface area contributed by atoms with Gasteiger partial charge < -0.3 is 10.4 Å². The molecule has 1 fully saturated rings. The highest BCUT2D eigenvalue weighted by Gasteiger charge is 2.29. The van der Waals surface area contributed by atoms with E-state index in [0.29, 0.717) is 5.92 Å². The molecule has 6 heteroatoms. The van der Waals surface area contributed by atoms with E-state index in [1.54, 1.807) is 0 Å². The third kappa shape index (κ3) is 3.69.